The number of rotatable bonds is 5. The Kier molecular flexibility index (Phi) is 6.21. The van der Waals surface area contributed by atoms with E-state index in [9.17, 15) is 5.11 Å². The summed E-state index contributed by atoms with van der Waals surface area (Å²) in [6.07, 6.45) is 7.48. The summed E-state index contributed by atoms with van der Waals surface area (Å²) < 4.78 is 5.96. The van der Waals surface area contributed by atoms with Gasteiger partial charge in [-0.1, -0.05) is 49.3 Å². The summed E-state index contributed by atoms with van der Waals surface area (Å²) in [4.78, 5) is 0. The predicted molar refractivity (Wildman–Crippen MR) is 99.8 cm³/mol. The maximum absolute atomic E-state index is 9.62. The van der Waals surface area contributed by atoms with Gasteiger partial charge < -0.3 is 9.84 Å². The van der Waals surface area contributed by atoms with Crippen LogP contribution in [0.5, 0.6) is 0 Å². The molecule has 22 heavy (non-hydrogen) atoms. The predicted octanol–water partition coefficient (Wildman–Crippen LogP) is 4.67. The first kappa shape index (κ1) is 17.7. The van der Waals surface area contributed by atoms with Gasteiger partial charge in [0.05, 0.1) is 6.10 Å². The molecule has 120 valence electrons. The van der Waals surface area contributed by atoms with Gasteiger partial charge in [0, 0.05) is 5.56 Å². The third-order valence-corrected chi connectivity index (χ3v) is 5.20. The van der Waals surface area contributed by atoms with E-state index in [2.05, 4.69) is 49.3 Å². The number of aliphatic hydroxyl groups is 1. The van der Waals surface area contributed by atoms with Crippen LogP contribution in [0.2, 0.25) is 0 Å². The second-order valence-electron chi connectivity index (χ2n) is 5.92. The minimum absolute atomic E-state index is 0.103. The standard InChI is InChI=1S/C18H26O2P2/c1-3-17(4-2)20-18(21,22)15-9-5-13(6-10-15)14-7-11-16(19)12-8-14/h3-6,9-10,14,16,19H,1,7-8,11-12,21-22H2,2H3/b17-4+. The third-order valence-electron chi connectivity index (χ3n) is 4.30. The van der Waals surface area contributed by atoms with Crippen molar-refractivity contribution in [1.82, 2.24) is 0 Å². The molecule has 2 atom stereocenters. The molecule has 0 aliphatic heterocycles. The molecule has 0 aromatic heterocycles. The minimum Gasteiger partial charge on any atom is -0.475 e. The first-order valence-electron chi connectivity index (χ1n) is 7.80. The molecule has 0 radical (unpaired) electrons. The summed E-state index contributed by atoms with van der Waals surface area (Å²) in [5.41, 5.74) is 2.44. The lowest BCUT2D eigenvalue weighted by Crippen LogP contribution is -2.17. The van der Waals surface area contributed by atoms with Gasteiger partial charge in [0.1, 0.15) is 5.76 Å². The van der Waals surface area contributed by atoms with Crippen LogP contribution in [0.15, 0.2) is 48.8 Å². The zero-order valence-corrected chi connectivity index (χ0v) is 15.5. The van der Waals surface area contributed by atoms with E-state index in [1.54, 1.807) is 6.08 Å². The molecule has 4 heteroatoms. The molecule has 1 N–H and O–H groups in total. The van der Waals surface area contributed by atoms with Crippen LogP contribution in [0.25, 0.3) is 0 Å². The van der Waals surface area contributed by atoms with Gasteiger partial charge in [0.25, 0.3) is 0 Å². The molecule has 1 aliphatic rings. The lowest BCUT2D eigenvalue weighted by molar-refractivity contribution is 0.122. The van der Waals surface area contributed by atoms with Crippen LogP contribution in [0, 0.1) is 0 Å². The Balaban J connectivity index is 2.09. The Bertz CT molecular complexity index is 527. The van der Waals surface area contributed by atoms with Crippen molar-refractivity contribution in [3.05, 3.63) is 59.9 Å². The Morgan fingerprint density at radius 1 is 1.23 bits per heavy atom. The van der Waals surface area contributed by atoms with Crippen molar-refractivity contribution in [2.75, 3.05) is 0 Å². The van der Waals surface area contributed by atoms with Gasteiger partial charge in [-0.15, -0.1) is 0 Å². The second-order valence-corrected chi connectivity index (χ2v) is 8.30. The van der Waals surface area contributed by atoms with E-state index in [4.69, 9.17) is 4.74 Å². The van der Waals surface area contributed by atoms with E-state index in [0.717, 1.165) is 37.0 Å². The molecule has 0 saturated heterocycles. The van der Waals surface area contributed by atoms with E-state index in [-0.39, 0.29) is 6.10 Å². The molecule has 0 heterocycles. The molecular weight excluding hydrogens is 310 g/mol. The largest absolute Gasteiger partial charge is 0.475 e. The van der Waals surface area contributed by atoms with Crippen molar-refractivity contribution in [2.45, 2.75) is 49.7 Å². The molecule has 1 aliphatic carbocycles. The van der Waals surface area contributed by atoms with Gasteiger partial charge in [-0.3, -0.25) is 0 Å². The summed E-state index contributed by atoms with van der Waals surface area (Å²) in [5, 5.41) is 9.08. The molecular formula is C18H26O2P2. The van der Waals surface area contributed by atoms with Crippen LogP contribution in [0.4, 0.5) is 0 Å². The van der Waals surface area contributed by atoms with Crippen molar-refractivity contribution < 1.29 is 9.84 Å². The Hall–Kier alpha value is -0.680. The summed E-state index contributed by atoms with van der Waals surface area (Å²) in [6.45, 7) is 5.69. The number of allylic oxidation sites excluding steroid dienone is 2. The topological polar surface area (TPSA) is 29.5 Å². The highest BCUT2D eigenvalue weighted by molar-refractivity contribution is 7.38. The van der Waals surface area contributed by atoms with Crippen LogP contribution in [0.1, 0.15) is 49.7 Å². The summed E-state index contributed by atoms with van der Waals surface area (Å²) in [5.74, 6) is 1.33. The monoisotopic (exact) mass is 336 g/mol. The summed E-state index contributed by atoms with van der Waals surface area (Å²) >= 11 is 0. The molecule has 1 aromatic rings. The van der Waals surface area contributed by atoms with Gasteiger partial charge in [-0.2, -0.15) is 0 Å². The van der Waals surface area contributed by atoms with Gasteiger partial charge >= 0.3 is 0 Å². The number of ether oxygens (including phenoxy) is 1. The van der Waals surface area contributed by atoms with Crippen LogP contribution >= 0.6 is 18.5 Å². The fraction of sp³-hybridized carbons (Fsp3) is 0.444. The van der Waals surface area contributed by atoms with Gasteiger partial charge in [-0.05, 0) is 56.2 Å². The highest BCUT2D eigenvalue weighted by Gasteiger charge is 2.25. The smallest absolute Gasteiger partial charge is 0.158 e. The molecule has 2 rings (SSSR count). The van der Waals surface area contributed by atoms with Crippen LogP contribution in [-0.2, 0) is 9.82 Å². The normalized spacial score (nSPS) is 23.2. The maximum Gasteiger partial charge on any atom is 0.158 e. The molecule has 2 nitrogen and oxygen atoms in total. The van der Waals surface area contributed by atoms with Crippen molar-refractivity contribution in [1.29, 1.82) is 0 Å². The van der Waals surface area contributed by atoms with E-state index in [0.29, 0.717) is 5.92 Å². The highest BCUT2D eigenvalue weighted by Crippen LogP contribution is 2.42. The zero-order chi connectivity index (χ0) is 16.2. The Labute approximate surface area is 138 Å². The molecule has 2 unspecified atom stereocenters. The van der Waals surface area contributed by atoms with Crippen LogP contribution < -0.4 is 0 Å². The molecule has 1 fully saturated rings. The average molecular weight is 336 g/mol. The molecule has 1 aromatic carbocycles. The van der Waals surface area contributed by atoms with Crippen LogP contribution in [0.3, 0.4) is 0 Å². The number of aliphatic hydroxyl groups excluding tert-OH is 1. The van der Waals surface area contributed by atoms with E-state index >= 15 is 0 Å². The SMILES string of the molecule is C=C/C(=C\C)OC(P)(P)c1ccc(C2CCC(O)CC2)cc1. The van der Waals surface area contributed by atoms with Gasteiger partial charge in [-0.25, -0.2) is 0 Å². The first-order chi connectivity index (χ1) is 10.5. The van der Waals surface area contributed by atoms with Crippen LogP contribution in [-0.4, -0.2) is 11.2 Å². The molecule has 0 amide bonds. The number of hydrogen-bond acceptors (Lipinski definition) is 2. The fourth-order valence-electron chi connectivity index (χ4n) is 2.90. The lowest BCUT2D eigenvalue weighted by atomic mass is 9.82. The van der Waals surface area contributed by atoms with Gasteiger partial charge in [0.2, 0.25) is 0 Å². The van der Waals surface area contributed by atoms with Crippen molar-refractivity contribution in [3.8, 4) is 0 Å². The zero-order valence-electron chi connectivity index (χ0n) is 13.2. The second kappa shape index (κ2) is 7.73. The fourth-order valence-corrected chi connectivity index (χ4v) is 3.55. The minimum atomic E-state index is -0.544. The van der Waals surface area contributed by atoms with Crippen molar-refractivity contribution in [3.63, 3.8) is 0 Å². The van der Waals surface area contributed by atoms with E-state index in [1.165, 1.54) is 5.56 Å². The average Bonchev–Trinajstić information content (AvgIpc) is 2.53. The number of hydrogen-bond donors (Lipinski definition) is 1. The first-order valence-corrected chi connectivity index (χ1v) is 8.95. The third kappa shape index (κ3) is 4.42. The van der Waals surface area contributed by atoms with Crippen molar-refractivity contribution in [2.24, 2.45) is 0 Å². The summed E-state index contributed by atoms with van der Waals surface area (Å²) in [7, 11) is 5.48. The van der Waals surface area contributed by atoms with Crippen molar-refractivity contribution >= 4 is 18.5 Å². The Morgan fingerprint density at radius 2 is 1.82 bits per heavy atom. The number of benzene rings is 1. The molecule has 1 saturated carbocycles. The highest BCUT2D eigenvalue weighted by atomic mass is 31.1. The summed E-state index contributed by atoms with van der Waals surface area (Å²) in [6, 6.07) is 8.62. The lowest BCUT2D eigenvalue weighted by Gasteiger charge is -2.29. The molecule has 0 spiro atoms. The molecule has 0 bridgehead atoms. The van der Waals surface area contributed by atoms with E-state index < -0.39 is 5.08 Å². The Morgan fingerprint density at radius 3 is 2.32 bits per heavy atom. The van der Waals surface area contributed by atoms with E-state index in [1.807, 2.05) is 13.0 Å². The maximum atomic E-state index is 9.62. The quantitative estimate of drug-likeness (QED) is 0.481. The van der Waals surface area contributed by atoms with Gasteiger partial charge in [0.15, 0.2) is 5.08 Å².